The first-order valence-corrected chi connectivity index (χ1v) is 8.45. The van der Waals surface area contributed by atoms with Crippen molar-refractivity contribution in [3.8, 4) is 0 Å². The standard InChI is InChI=1S/C12H28NO3Si/c1-6-12-7-9-13(2,10-8-12)11-17(14-3,15-4)16-5/h12H,6-11H2,1-5H3/q+1. The van der Waals surface area contributed by atoms with Gasteiger partial charge in [-0.05, 0) is 18.8 Å². The van der Waals surface area contributed by atoms with Crippen LogP contribution in [0.3, 0.4) is 0 Å². The quantitative estimate of drug-likeness (QED) is 0.538. The van der Waals surface area contributed by atoms with Gasteiger partial charge in [0.15, 0.2) is 0 Å². The minimum Gasteiger partial charge on any atom is -0.374 e. The first-order chi connectivity index (χ1) is 8.03. The van der Waals surface area contributed by atoms with Gasteiger partial charge >= 0.3 is 8.80 Å². The molecule has 0 aromatic carbocycles. The highest BCUT2D eigenvalue weighted by Crippen LogP contribution is 2.26. The Kier molecular flexibility index (Phi) is 5.59. The van der Waals surface area contributed by atoms with Crippen LogP contribution in [0.2, 0.25) is 0 Å². The summed E-state index contributed by atoms with van der Waals surface area (Å²) in [6, 6.07) is 0. The highest BCUT2D eigenvalue weighted by Gasteiger charge is 2.47. The van der Waals surface area contributed by atoms with Gasteiger partial charge in [0, 0.05) is 21.3 Å². The van der Waals surface area contributed by atoms with Gasteiger partial charge in [0.05, 0.1) is 20.1 Å². The molecule has 17 heavy (non-hydrogen) atoms. The minimum atomic E-state index is -2.44. The summed E-state index contributed by atoms with van der Waals surface area (Å²) < 4.78 is 17.6. The third-order valence-electron chi connectivity index (χ3n) is 4.24. The van der Waals surface area contributed by atoms with Crippen molar-refractivity contribution in [1.82, 2.24) is 0 Å². The summed E-state index contributed by atoms with van der Waals surface area (Å²) in [6.45, 7) is 4.71. The summed E-state index contributed by atoms with van der Waals surface area (Å²) in [4.78, 5) is 0. The topological polar surface area (TPSA) is 27.7 Å². The molecule has 1 heterocycles. The first-order valence-electron chi connectivity index (χ1n) is 6.52. The predicted molar refractivity (Wildman–Crippen MR) is 70.6 cm³/mol. The molecule has 4 nitrogen and oxygen atoms in total. The number of hydrogen-bond acceptors (Lipinski definition) is 3. The van der Waals surface area contributed by atoms with Crippen molar-refractivity contribution in [3.05, 3.63) is 0 Å². The highest BCUT2D eigenvalue weighted by molar-refractivity contribution is 6.60. The van der Waals surface area contributed by atoms with E-state index in [1.54, 1.807) is 21.3 Å². The van der Waals surface area contributed by atoms with E-state index in [4.69, 9.17) is 13.3 Å². The van der Waals surface area contributed by atoms with Crippen molar-refractivity contribution in [3.63, 3.8) is 0 Å². The van der Waals surface area contributed by atoms with Crippen molar-refractivity contribution < 1.29 is 17.8 Å². The molecule has 1 saturated heterocycles. The lowest BCUT2D eigenvalue weighted by atomic mass is 9.93. The molecule has 0 spiro atoms. The second-order valence-corrected chi connectivity index (χ2v) is 8.28. The van der Waals surface area contributed by atoms with Crippen LogP contribution in [-0.4, -0.2) is 60.9 Å². The van der Waals surface area contributed by atoms with E-state index in [1.165, 1.54) is 32.4 Å². The lowest BCUT2D eigenvalue weighted by molar-refractivity contribution is -0.908. The summed E-state index contributed by atoms with van der Waals surface area (Å²) in [5.41, 5.74) is 0. The number of nitrogens with zero attached hydrogens (tertiary/aromatic N) is 1. The number of hydrogen-bond donors (Lipinski definition) is 0. The fourth-order valence-electron chi connectivity index (χ4n) is 2.72. The van der Waals surface area contributed by atoms with Crippen molar-refractivity contribution in [2.24, 2.45) is 5.92 Å². The van der Waals surface area contributed by atoms with Crippen molar-refractivity contribution in [2.45, 2.75) is 26.2 Å². The monoisotopic (exact) mass is 262 g/mol. The summed E-state index contributed by atoms with van der Waals surface area (Å²) >= 11 is 0. The van der Waals surface area contributed by atoms with Gasteiger partial charge in [0.2, 0.25) is 0 Å². The van der Waals surface area contributed by atoms with Crippen LogP contribution in [-0.2, 0) is 13.3 Å². The molecule has 0 radical (unpaired) electrons. The van der Waals surface area contributed by atoms with Gasteiger partial charge in [0.25, 0.3) is 0 Å². The molecule has 5 heteroatoms. The Labute approximate surface area is 107 Å². The highest BCUT2D eigenvalue weighted by atomic mass is 28.4. The molecule has 0 saturated carbocycles. The second kappa shape index (κ2) is 6.29. The predicted octanol–water partition coefficient (Wildman–Crippen LogP) is 1.67. The maximum Gasteiger partial charge on any atom is 0.558 e. The third-order valence-corrected chi connectivity index (χ3v) is 7.26. The van der Waals surface area contributed by atoms with E-state index >= 15 is 0 Å². The van der Waals surface area contributed by atoms with Crippen LogP contribution in [0.1, 0.15) is 26.2 Å². The molecule has 0 bridgehead atoms. The molecular formula is C12H28NO3Si+. The number of quaternary nitrogens is 1. The SMILES string of the molecule is CCC1CC[N+](C)(C[Si](OC)(OC)OC)CC1. The number of rotatable bonds is 6. The molecule has 1 aliphatic rings. The van der Waals surface area contributed by atoms with Crippen LogP contribution < -0.4 is 0 Å². The molecule has 0 atom stereocenters. The van der Waals surface area contributed by atoms with E-state index in [9.17, 15) is 0 Å². The molecule has 1 fully saturated rings. The maximum absolute atomic E-state index is 5.54. The Morgan fingerprint density at radius 3 is 1.88 bits per heavy atom. The Morgan fingerprint density at radius 2 is 1.53 bits per heavy atom. The Morgan fingerprint density at radius 1 is 1.06 bits per heavy atom. The lowest BCUT2D eigenvalue weighted by Gasteiger charge is -2.43. The largest absolute Gasteiger partial charge is 0.558 e. The van der Waals surface area contributed by atoms with Crippen LogP contribution in [0.4, 0.5) is 0 Å². The maximum atomic E-state index is 5.54. The zero-order chi connectivity index (χ0) is 12.9. The van der Waals surface area contributed by atoms with Crippen molar-refractivity contribution >= 4 is 8.80 Å². The normalized spacial score (nSPS) is 30.5. The molecule has 0 aromatic rings. The lowest BCUT2D eigenvalue weighted by Crippen LogP contribution is -2.62. The van der Waals surface area contributed by atoms with Crippen molar-refractivity contribution in [2.75, 3.05) is 47.6 Å². The Bertz CT molecular complexity index is 218. The molecule has 0 aromatic heterocycles. The van der Waals surface area contributed by atoms with E-state index in [0.29, 0.717) is 0 Å². The smallest absolute Gasteiger partial charge is 0.374 e. The number of piperidine rings is 1. The van der Waals surface area contributed by atoms with Gasteiger partial charge in [-0.25, -0.2) is 0 Å². The van der Waals surface area contributed by atoms with Gasteiger partial charge in [0.1, 0.15) is 6.17 Å². The van der Waals surface area contributed by atoms with E-state index < -0.39 is 8.80 Å². The van der Waals surface area contributed by atoms with E-state index in [0.717, 1.165) is 16.6 Å². The summed E-state index contributed by atoms with van der Waals surface area (Å²) in [5.74, 6) is 0.907. The zero-order valence-electron chi connectivity index (χ0n) is 12.0. The van der Waals surface area contributed by atoms with Gasteiger partial charge in [-0.2, -0.15) is 0 Å². The molecule has 0 aliphatic carbocycles. The molecule has 102 valence electrons. The molecule has 0 amide bonds. The molecular weight excluding hydrogens is 234 g/mol. The Balaban J connectivity index is 2.60. The molecule has 0 unspecified atom stereocenters. The van der Waals surface area contributed by atoms with Gasteiger partial charge in [-0.1, -0.05) is 13.3 Å². The van der Waals surface area contributed by atoms with Crippen molar-refractivity contribution in [1.29, 1.82) is 0 Å². The minimum absolute atomic E-state index is 0.882. The molecule has 1 aliphatic heterocycles. The summed E-state index contributed by atoms with van der Waals surface area (Å²) in [7, 11) is 4.95. The van der Waals surface area contributed by atoms with E-state index in [1.807, 2.05) is 0 Å². The average Bonchev–Trinajstić information content (AvgIpc) is 2.37. The summed E-state index contributed by atoms with van der Waals surface area (Å²) in [5, 5.41) is 0. The molecule has 0 N–H and O–H groups in total. The van der Waals surface area contributed by atoms with E-state index in [-0.39, 0.29) is 0 Å². The second-order valence-electron chi connectivity index (χ2n) is 5.37. The third kappa shape index (κ3) is 3.76. The van der Waals surface area contributed by atoms with Gasteiger partial charge < -0.3 is 17.8 Å². The summed E-state index contributed by atoms with van der Waals surface area (Å²) in [6.07, 6.45) is 4.82. The van der Waals surface area contributed by atoms with Crippen LogP contribution in [0.25, 0.3) is 0 Å². The van der Waals surface area contributed by atoms with Gasteiger partial charge in [-0.3, -0.25) is 0 Å². The Hall–Kier alpha value is 0.0569. The zero-order valence-corrected chi connectivity index (χ0v) is 13.0. The fraction of sp³-hybridized carbons (Fsp3) is 1.00. The molecule has 1 rings (SSSR count). The van der Waals surface area contributed by atoms with Gasteiger partial charge in [-0.15, -0.1) is 0 Å². The van der Waals surface area contributed by atoms with Crippen LogP contribution in [0.5, 0.6) is 0 Å². The average molecular weight is 262 g/mol. The number of likely N-dealkylation sites (tertiary alicyclic amines) is 1. The first kappa shape index (κ1) is 15.1. The van der Waals surface area contributed by atoms with Crippen LogP contribution in [0, 0.1) is 5.92 Å². The van der Waals surface area contributed by atoms with E-state index in [2.05, 4.69) is 14.0 Å². The fourth-order valence-corrected chi connectivity index (χ4v) is 4.86. The van der Waals surface area contributed by atoms with Crippen LogP contribution in [0.15, 0.2) is 0 Å². The van der Waals surface area contributed by atoms with Crippen LogP contribution >= 0.6 is 0 Å².